The third-order valence-corrected chi connectivity index (χ3v) is 4.44. The molecule has 1 aliphatic rings. The molecular formula is C13H18ClN3O2S. The first kappa shape index (κ1) is 15.1. The van der Waals surface area contributed by atoms with Crippen LogP contribution in [0.5, 0.6) is 0 Å². The Morgan fingerprint density at radius 2 is 2.00 bits per heavy atom. The van der Waals surface area contributed by atoms with Crippen molar-refractivity contribution in [3.63, 3.8) is 0 Å². The standard InChI is InChI=1S/C13H18ClN3O2S/c14-11-4-3-10(20-11)5-6-15-13(19)16-9-12(18)17-7-1-2-8-17/h3-4H,1-2,5-9H2,(H2,15,16,19). The molecule has 0 radical (unpaired) electrons. The summed E-state index contributed by atoms with van der Waals surface area (Å²) in [5.74, 6) is -0.0114. The number of rotatable bonds is 5. The number of halogens is 1. The number of amides is 3. The monoisotopic (exact) mass is 315 g/mol. The third-order valence-electron chi connectivity index (χ3n) is 3.14. The summed E-state index contributed by atoms with van der Waals surface area (Å²) in [6.07, 6.45) is 2.85. The Bertz CT molecular complexity index is 472. The predicted octanol–water partition coefficient (Wildman–Crippen LogP) is 1.87. The molecule has 7 heteroatoms. The van der Waals surface area contributed by atoms with Crippen molar-refractivity contribution in [2.75, 3.05) is 26.2 Å². The van der Waals surface area contributed by atoms with E-state index in [1.165, 1.54) is 11.3 Å². The summed E-state index contributed by atoms with van der Waals surface area (Å²) < 4.78 is 0.751. The zero-order valence-corrected chi connectivity index (χ0v) is 12.7. The quantitative estimate of drug-likeness (QED) is 0.871. The summed E-state index contributed by atoms with van der Waals surface area (Å²) in [7, 11) is 0. The van der Waals surface area contributed by atoms with Gasteiger partial charge in [0.05, 0.1) is 10.9 Å². The zero-order chi connectivity index (χ0) is 14.4. The Labute approximate surface area is 127 Å². The van der Waals surface area contributed by atoms with Gasteiger partial charge >= 0.3 is 6.03 Å². The second kappa shape index (κ2) is 7.50. The molecule has 0 bridgehead atoms. The number of carbonyl (C=O) groups excluding carboxylic acids is 2. The molecule has 2 N–H and O–H groups in total. The van der Waals surface area contributed by atoms with Gasteiger partial charge in [0.1, 0.15) is 0 Å². The molecule has 0 saturated carbocycles. The van der Waals surface area contributed by atoms with Crippen molar-refractivity contribution in [2.24, 2.45) is 0 Å². The number of nitrogens with one attached hydrogen (secondary N) is 2. The number of nitrogens with zero attached hydrogens (tertiary/aromatic N) is 1. The maximum Gasteiger partial charge on any atom is 0.315 e. The van der Waals surface area contributed by atoms with Gasteiger partial charge in [-0.05, 0) is 31.4 Å². The fourth-order valence-electron chi connectivity index (χ4n) is 2.08. The van der Waals surface area contributed by atoms with Crippen LogP contribution in [0.2, 0.25) is 4.34 Å². The fourth-order valence-corrected chi connectivity index (χ4v) is 3.17. The molecule has 5 nitrogen and oxygen atoms in total. The SMILES string of the molecule is O=C(NCCc1ccc(Cl)s1)NCC(=O)N1CCCC1. The summed E-state index contributed by atoms with van der Waals surface area (Å²) in [5.41, 5.74) is 0. The average molecular weight is 316 g/mol. The van der Waals surface area contributed by atoms with E-state index in [0.29, 0.717) is 6.54 Å². The molecule has 1 fully saturated rings. The van der Waals surface area contributed by atoms with Gasteiger partial charge in [0, 0.05) is 24.5 Å². The van der Waals surface area contributed by atoms with Crippen LogP contribution in [0.3, 0.4) is 0 Å². The van der Waals surface area contributed by atoms with Gasteiger partial charge < -0.3 is 15.5 Å². The molecule has 0 unspecified atom stereocenters. The van der Waals surface area contributed by atoms with E-state index in [1.807, 2.05) is 12.1 Å². The van der Waals surface area contributed by atoms with Crippen LogP contribution >= 0.6 is 22.9 Å². The predicted molar refractivity (Wildman–Crippen MR) is 80.2 cm³/mol. The first-order valence-electron chi connectivity index (χ1n) is 6.69. The Balaban J connectivity index is 1.59. The van der Waals surface area contributed by atoms with Crippen LogP contribution in [-0.4, -0.2) is 43.0 Å². The first-order chi connectivity index (χ1) is 9.65. The summed E-state index contributed by atoms with van der Waals surface area (Å²) in [6.45, 7) is 2.21. The highest BCUT2D eigenvalue weighted by Crippen LogP contribution is 2.21. The van der Waals surface area contributed by atoms with E-state index in [0.717, 1.165) is 41.6 Å². The maximum absolute atomic E-state index is 11.7. The lowest BCUT2D eigenvalue weighted by atomic mass is 10.3. The van der Waals surface area contributed by atoms with Crippen molar-refractivity contribution in [3.05, 3.63) is 21.3 Å². The van der Waals surface area contributed by atoms with Gasteiger partial charge in [-0.1, -0.05) is 11.6 Å². The van der Waals surface area contributed by atoms with Crippen molar-refractivity contribution in [1.29, 1.82) is 0 Å². The number of urea groups is 1. The van der Waals surface area contributed by atoms with Crippen molar-refractivity contribution in [2.45, 2.75) is 19.3 Å². The van der Waals surface area contributed by atoms with E-state index >= 15 is 0 Å². The fraction of sp³-hybridized carbons (Fsp3) is 0.538. The summed E-state index contributed by atoms with van der Waals surface area (Å²) in [4.78, 5) is 26.2. The van der Waals surface area contributed by atoms with E-state index in [1.54, 1.807) is 4.90 Å². The van der Waals surface area contributed by atoms with Crippen LogP contribution in [0.1, 0.15) is 17.7 Å². The lowest BCUT2D eigenvalue weighted by Crippen LogP contribution is -2.43. The van der Waals surface area contributed by atoms with Gasteiger partial charge in [-0.2, -0.15) is 0 Å². The van der Waals surface area contributed by atoms with E-state index in [9.17, 15) is 9.59 Å². The number of likely N-dealkylation sites (tertiary alicyclic amines) is 1. The summed E-state index contributed by atoms with van der Waals surface area (Å²) >= 11 is 7.33. The lowest BCUT2D eigenvalue weighted by Gasteiger charge is -2.15. The molecule has 0 atom stereocenters. The Kier molecular flexibility index (Phi) is 5.67. The highest BCUT2D eigenvalue weighted by Gasteiger charge is 2.17. The number of thiophene rings is 1. The average Bonchev–Trinajstić information content (AvgIpc) is 3.07. The molecule has 20 heavy (non-hydrogen) atoms. The van der Waals surface area contributed by atoms with Crippen LogP contribution in [0.25, 0.3) is 0 Å². The maximum atomic E-state index is 11.7. The molecule has 1 aromatic rings. The largest absolute Gasteiger partial charge is 0.341 e. The highest BCUT2D eigenvalue weighted by atomic mass is 35.5. The molecule has 2 heterocycles. The molecule has 2 rings (SSSR count). The number of hydrogen-bond donors (Lipinski definition) is 2. The Hall–Kier alpha value is -1.27. The Morgan fingerprint density at radius 3 is 2.65 bits per heavy atom. The first-order valence-corrected chi connectivity index (χ1v) is 7.88. The summed E-state index contributed by atoms with van der Waals surface area (Å²) in [6, 6.07) is 3.49. The smallest absolute Gasteiger partial charge is 0.315 e. The number of carbonyl (C=O) groups is 2. The lowest BCUT2D eigenvalue weighted by molar-refractivity contribution is -0.128. The van der Waals surface area contributed by atoms with E-state index < -0.39 is 0 Å². The molecule has 0 aromatic carbocycles. The second-order valence-corrected chi connectivity index (χ2v) is 6.45. The van der Waals surface area contributed by atoms with Crippen LogP contribution in [0, 0.1) is 0 Å². The Morgan fingerprint density at radius 1 is 1.25 bits per heavy atom. The molecule has 1 saturated heterocycles. The molecule has 110 valence electrons. The van der Waals surface area contributed by atoms with Gasteiger partial charge in [-0.15, -0.1) is 11.3 Å². The van der Waals surface area contributed by atoms with Gasteiger partial charge in [0.15, 0.2) is 0 Å². The van der Waals surface area contributed by atoms with Crippen LogP contribution in [0.15, 0.2) is 12.1 Å². The minimum absolute atomic E-state index is 0.0114. The highest BCUT2D eigenvalue weighted by molar-refractivity contribution is 7.16. The van der Waals surface area contributed by atoms with Crippen LogP contribution in [0.4, 0.5) is 4.79 Å². The molecule has 0 spiro atoms. The molecule has 3 amide bonds. The van der Waals surface area contributed by atoms with Crippen molar-refractivity contribution < 1.29 is 9.59 Å². The molecule has 1 aromatic heterocycles. The van der Waals surface area contributed by atoms with Crippen molar-refractivity contribution in [3.8, 4) is 0 Å². The van der Waals surface area contributed by atoms with Gasteiger partial charge in [-0.25, -0.2) is 4.79 Å². The second-order valence-electron chi connectivity index (χ2n) is 4.65. The van der Waals surface area contributed by atoms with Crippen LogP contribution in [-0.2, 0) is 11.2 Å². The van der Waals surface area contributed by atoms with Crippen molar-refractivity contribution in [1.82, 2.24) is 15.5 Å². The summed E-state index contributed by atoms with van der Waals surface area (Å²) in [5, 5.41) is 5.32. The minimum atomic E-state index is -0.305. The van der Waals surface area contributed by atoms with E-state index in [4.69, 9.17) is 11.6 Å². The molecular weight excluding hydrogens is 298 g/mol. The van der Waals surface area contributed by atoms with Crippen molar-refractivity contribution >= 4 is 34.9 Å². The van der Waals surface area contributed by atoms with Gasteiger partial charge in [-0.3, -0.25) is 4.79 Å². The van der Waals surface area contributed by atoms with E-state index in [-0.39, 0.29) is 18.5 Å². The third kappa shape index (κ3) is 4.68. The van der Waals surface area contributed by atoms with Gasteiger partial charge in [0.25, 0.3) is 0 Å². The molecule has 1 aliphatic heterocycles. The van der Waals surface area contributed by atoms with E-state index in [2.05, 4.69) is 10.6 Å². The zero-order valence-electron chi connectivity index (χ0n) is 11.2. The van der Waals surface area contributed by atoms with Gasteiger partial charge in [0.2, 0.25) is 5.91 Å². The number of hydrogen-bond acceptors (Lipinski definition) is 3. The topological polar surface area (TPSA) is 61.4 Å². The normalized spacial score (nSPS) is 14.3. The molecule has 0 aliphatic carbocycles. The minimum Gasteiger partial charge on any atom is -0.341 e. The van der Waals surface area contributed by atoms with Crippen LogP contribution < -0.4 is 10.6 Å².